The summed E-state index contributed by atoms with van der Waals surface area (Å²) in [6.07, 6.45) is 0. The summed E-state index contributed by atoms with van der Waals surface area (Å²) < 4.78 is 5.29. The Morgan fingerprint density at radius 2 is 2.29 bits per heavy atom. The fourth-order valence-electron chi connectivity index (χ4n) is 1.72. The largest absolute Gasteiger partial charge is 0.379 e. The number of thiazole rings is 1. The number of aryl methyl sites for hydroxylation is 1. The van der Waals surface area contributed by atoms with Gasteiger partial charge >= 0.3 is 0 Å². The predicted molar refractivity (Wildman–Crippen MR) is 67.3 cm³/mol. The molecule has 2 rings (SSSR count). The monoisotopic (exact) mass is 252 g/mol. The van der Waals surface area contributed by atoms with E-state index in [0.717, 1.165) is 50.2 Å². The van der Waals surface area contributed by atoms with Crippen molar-refractivity contribution >= 4 is 16.5 Å². The van der Waals surface area contributed by atoms with Crippen LogP contribution in [0.5, 0.6) is 0 Å². The Balaban J connectivity index is 1.75. The van der Waals surface area contributed by atoms with E-state index in [0.29, 0.717) is 4.88 Å². The predicted octanol–water partition coefficient (Wildman–Crippen LogP) is 1.07. The highest BCUT2D eigenvalue weighted by molar-refractivity contribution is 7.16. The minimum absolute atomic E-state index is 0.693. The summed E-state index contributed by atoms with van der Waals surface area (Å²) in [7, 11) is 0. The van der Waals surface area contributed by atoms with Crippen LogP contribution in [0.4, 0.5) is 5.13 Å². The van der Waals surface area contributed by atoms with Gasteiger partial charge in [-0.3, -0.25) is 4.90 Å². The van der Waals surface area contributed by atoms with E-state index >= 15 is 0 Å². The molecule has 0 aliphatic carbocycles. The lowest BCUT2D eigenvalue weighted by atomic mass is 10.4. The van der Waals surface area contributed by atoms with Crippen LogP contribution in [-0.2, 0) is 4.74 Å². The first kappa shape index (κ1) is 12.3. The van der Waals surface area contributed by atoms with Crippen molar-refractivity contribution in [3.63, 3.8) is 0 Å². The molecule has 1 aromatic heterocycles. The van der Waals surface area contributed by atoms with E-state index in [9.17, 15) is 0 Å². The van der Waals surface area contributed by atoms with E-state index < -0.39 is 0 Å². The SMILES string of the molecule is Cc1nc(NCCN2CCOCC2)sc1C#N. The summed E-state index contributed by atoms with van der Waals surface area (Å²) in [6.45, 7) is 7.37. The van der Waals surface area contributed by atoms with Crippen molar-refractivity contribution in [3.05, 3.63) is 10.6 Å². The van der Waals surface area contributed by atoms with Crippen LogP contribution in [0.2, 0.25) is 0 Å². The lowest BCUT2D eigenvalue weighted by molar-refractivity contribution is 0.0398. The third kappa shape index (κ3) is 3.40. The summed E-state index contributed by atoms with van der Waals surface area (Å²) in [4.78, 5) is 7.36. The van der Waals surface area contributed by atoms with Crippen LogP contribution in [0.1, 0.15) is 10.6 Å². The van der Waals surface area contributed by atoms with Gasteiger partial charge in [0.15, 0.2) is 5.13 Å². The molecule has 92 valence electrons. The Labute approximate surface area is 105 Å². The number of hydrogen-bond donors (Lipinski definition) is 1. The molecule has 0 unspecified atom stereocenters. The Morgan fingerprint density at radius 3 is 2.94 bits per heavy atom. The van der Waals surface area contributed by atoms with Crippen molar-refractivity contribution in [2.75, 3.05) is 44.7 Å². The molecule has 0 saturated carbocycles. The maximum absolute atomic E-state index is 8.83. The number of nitrogens with one attached hydrogen (secondary N) is 1. The molecule has 17 heavy (non-hydrogen) atoms. The lowest BCUT2D eigenvalue weighted by Crippen LogP contribution is -2.38. The minimum Gasteiger partial charge on any atom is -0.379 e. The van der Waals surface area contributed by atoms with E-state index in [-0.39, 0.29) is 0 Å². The Kier molecular flexibility index (Phi) is 4.31. The normalized spacial score (nSPS) is 16.7. The first-order chi connectivity index (χ1) is 8.29. The molecule has 1 N–H and O–H groups in total. The van der Waals surface area contributed by atoms with Gasteiger partial charge in [-0.05, 0) is 6.92 Å². The van der Waals surface area contributed by atoms with Crippen molar-refractivity contribution in [1.29, 1.82) is 5.26 Å². The van der Waals surface area contributed by atoms with Crippen LogP contribution in [0.15, 0.2) is 0 Å². The molecule has 0 radical (unpaired) electrons. The zero-order valence-electron chi connectivity index (χ0n) is 9.90. The Hall–Kier alpha value is -1.16. The van der Waals surface area contributed by atoms with Gasteiger partial charge in [-0.25, -0.2) is 4.98 Å². The van der Waals surface area contributed by atoms with Gasteiger partial charge in [0.05, 0.1) is 18.9 Å². The lowest BCUT2D eigenvalue weighted by Gasteiger charge is -2.26. The summed E-state index contributed by atoms with van der Waals surface area (Å²) in [5.74, 6) is 0. The number of hydrogen-bond acceptors (Lipinski definition) is 6. The number of ether oxygens (including phenoxy) is 1. The Bertz CT molecular complexity index is 406. The molecule has 1 aliphatic heterocycles. The van der Waals surface area contributed by atoms with Gasteiger partial charge in [-0.15, -0.1) is 0 Å². The standard InChI is InChI=1S/C11H16N4OS/c1-9-10(8-12)17-11(14-9)13-2-3-15-4-6-16-7-5-15/h2-7H2,1H3,(H,13,14). The van der Waals surface area contributed by atoms with E-state index in [1.165, 1.54) is 11.3 Å². The molecule has 2 heterocycles. The molecule has 0 aromatic carbocycles. The highest BCUT2D eigenvalue weighted by Gasteiger charge is 2.10. The summed E-state index contributed by atoms with van der Waals surface area (Å²) in [5, 5.41) is 12.9. The molecule has 0 bridgehead atoms. The number of aromatic nitrogens is 1. The van der Waals surface area contributed by atoms with E-state index in [1.54, 1.807) is 0 Å². The molecule has 1 aromatic rings. The topological polar surface area (TPSA) is 61.2 Å². The maximum Gasteiger partial charge on any atom is 0.184 e. The molecular formula is C11H16N4OS. The van der Waals surface area contributed by atoms with E-state index in [1.807, 2.05) is 6.92 Å². The summed E-state index contributed by atoms with van der Waals surface area (Å²) in [6, 6.07) is 2.14. The minimum atomic E-state index is 0.693. The van der Waals surface area contributed by atoms with Crippen molar-refractivity contribution in [2.24, 2.45) is 0 Å². The van der Waals surface area contributed by atoms with Crippen LogP contribution in [0.25, 0.3) is 0 Å². The average molecular weight is 252 g/mol. The van der Waals surface area contributed by atoms with Gasteiger partial charge in [0.1, 0.15) is 10.9 Å². The third-order valence-corrected chi connectivity index (χ3v) is 3.73. The fourth-order valence-corrected chi connectivity index (χ4v) is 2.51. The molecule has 0 atom stereocenters. The highest BCUT2D eigenvalue weighted by atomic mass is 32.1. The van der Waals surface area contributed by atoms with Crippen molar-refractivity contribution in [3.8, 4) is 6.07 Å². The molecule has 0 amide bonds. The van der Waals surface area contributed by atoms with E-state index in [2.05, 4.69) is 21.3 Å². The third-order valence-electron chi connectivity index (χ3n) is 2.71. The first-order valence-corrected chi connectivity index (χ1v) is 6.53. The first-order valence-electron chi connectivity index (χ1n) is 5.71. The van der Waals surface area contributed by atoms with Crippen molar-refractivity contribution in [1.82, 2.24) is 9.88 Å². The van der Waals surface area contributed by atoms with Crippen LogP contribution in [-0.4, -0.2) is 49.3 Å². The summed E-state index contributed by atoms with van der Waals surface area (Å²) >= 11 is 1.42. The van der Waals surface area contributed by atoms with Gasteiger partial charge in [-0.1, -0.05) is 11.3 Å². The smallest absolute Gasteiger partial charge is 0.184 e. The molecule has 6 heteroatoms. The van der Waals surface area contributed by atoms with Crippen LogP contribution >= 0.6 is 11.3 Å². The molecule has 1 saturated heterocycles. The van der Waals surface area contributed by atoms with Crippen molar-refractivity contribution < 1.29 is 4.74 Å². The van der Waals surface area contributed by atoms with Crippen LogP contribution in [0.3, 0.4) is 0 Å². The number of anilines is 1. The van der Waals surface area contributed by atoms with E-state index in [4.69, 9.17) is 10.00 Å². The molecule has 1 aliphatic rings. The van der Waals surface area contributed by atoms with Gasteiger partial charge in [0.2, 0.25) is 0 Å². The molecule has 1 fully saturated rings. The quantitative estimate of drug-likeness (QED) is 0.868. The molecular weight excluding hydrogens is 236 g/mol. The van der Waals surface area contributed by atoms with Gasteiger partial charge in [0, 0.05) is 26.2 Å². The van der Waals surface area contributed by atoms with Crippen molar-refractivity contribution in [2.45, 2.75) is 6.92 Å². The Morgan fingerprint density at radius 1 is 1.53 bits per heavy atom. The second-order valence-corrected chi connectivity index (χ2v) is 4.93. The zero-order chi connectivity index (χ0) is 12.1. The number of nitriles is 1. The number of rotatable bonds is 4. The van der Waals surface area contributed by atoms with Gasteiger partial charge in [0.25, 0.3) is 0 Å². The van der Waals surface area contributed by atoms with Crippen LogP contribution in [0, 0.1) is 18.3 Å². The molecule has 0 spiro atoms. The number of morpholine rings is 1. The van der Waals surface area contributed by atoms with Gasteiger partial charge < -0.3 is 10.1 Å². The fraction of sp³-hybridized carbons (Fsp3) is 0.636. The second kappa shape index (κ2) is 5.96. The van der Waals surface area contributed by atoms with Crippen LogP contribution < -0.4 is 5.32 Å². The van der Waals surface area contributed by atoms with Gasteiger partial charge in [-0.2, -0.15) is 5.26 Å². The average Bonchev–Trinajstić information content (AvgIpc) is 2.71. The second-order valence-electron chi connectivity index (χ2n) is 3.93. The highest BCUT2D eigenvalue weighted by Crippen LogP contribution is 2.20. The zero-order valence-corrected chi connectivity index (χ0v) is 10.7. The summed E-state index contributed by atoms with van der Waals surface area (Å²) in [5.41, 5.74) is 0.811. The maximum atomic E-state index is 8.83. The molecule has 5 nitrogen and oxygen atoms in total. The number of nitrogens with zero attached hydrogens (tertiary/aromatic N) is 3.